The van der Waals surface area contributed by atoms with Gasteiger partial charge in [0.15, 0.2) is 0 Å². The smallest absolute Gasteiger partial charge is 0.107 e. The fourth-order valence-electron chi connectivity index (χ4n) is 7.78. The number of benzene rings is 2. The number of nitrogens with zero attached hydrogens (tertiary/aromatic N) is 2. The Balaban J connectivity index is 1.34. The average Bonchev–Trinajstić information content (AvgIpc) is 3.03. The third-order valence-corrected chi connectivity index (χ3v) is 9.78. The van der Waals surface area contributed by atoms with Crippen LogP contribution < -0.4 is 0 Å². The highest BCUT2D eigenvalue weighted by Crippen LogP contribution is 2.49. The Morgan fingerprint density at radius 2 is 1.33 bits per heavy atom. The Bertz CT molecular complexity index is 884. The van der Waals surface area contributed by atoms with E-state index >= 15 is 0 Å². The molecule has 1 saturated carbocycles. The second kappa shape index (κ2) is 9.63. The number of fused-ring (bicyclic) bond motifs is 2. The third-order valence-electron chi connectivity index (χ3n) is 9.78. The molecule has 3 fully saturated rings. The van der Waals surface area contributed by atoms with Crippen molar-refractivity contribution in [3.8, 4) is 6.07 Å². The summed E-state index contributed by atoms with van der Waals surface area (Å²) in [5.41, 5.74) is 1.77. The molecule has 2 aromatic carbocycles. The lowest BCUT2D eigenvalue weighted by Crippen LogP contribution is -2.58. The third kappa shape index (κ3) is 4.38. The number of hydrogen-bond donors (Lipinski definition) is 0. The summed E-state index contributed by atoms with van der Waals surface area (Å²) in [6, 6.07) is 25.6. The minimum atomic E-state index is -0.546. The highest BCUT2D eigenvalue weighted by atomic mass is 15.4. The van der Waals surface area contributed by atoms with Gasteiger partial charge in [-0.1, -0.05) is 92.8 Å². The zero-order valence-electron chi connectivity index (χ0n) is 20.5. The van der Waals surface area contributed by atoms with E-state index in [1.54, 1.807) is 0 Å². The fourth-order valence-corrected chi connectivity index (χ4v) is 7.78. The summed E-state index contributed by atoms with van der Waals surface area (Å²) < 4.78 is 1.32. The predicted molar refractivity (Wildman–Crippen MR) is 136 cm³/mol. The van der Waals surface area contributed by atoms with Crippen LogP contribution in [0.15, 0.2) is 60.7 Å². The molecule has 33 heavy (non-hydrogen) atoms. The van der Waals surface area contributed by atoms with Crippen LogP contribution in [0.2, 0.25) is 0 Å². The van der Waals surface area contributed by atoms with Gasteiger partial charge in [0, 0.05) is 25.7 Å². The largest absolute Gasteiger partial charge is 0.321 e. The van der Waals surface area contributed by atoms with Crippen molar-refractivity contribution in [2.24, 2.45) is 11.8 Å². The van der Waals surface area contributed by atoms with Gasteiger partial charge >= 0.3 is 0 Å². The average molecular weight is 442 g/mol. The number of quaternary nitrogens is 1. The van der Waals surface area contributed by atoms with Crippen molar-refractivity contribution < 1.29 is 4.48 Å². The highest BCUT2D eigenvalue weighted by molar-refractivity contribution is 5.45. The lowest BCUT2D eigenvalue weighted by atomic mass is 9.67. The number of nitriles is 1. The number of hydrogen-bond acceptors (Lipinski definition) is 1. The van der Waals surface area contributed by atoms with Gasteiger partial charge in [-0.2, -0.15) is 5.26 Å². The molecule has 2 saturated heterocycles. The van der Waals surface area contributed by atoms with Gasteiger partial charge in [0.05, 0.1) is 31.7 Å². The first-order chi connectivity index (χ1) is 16.1. The Labute approximate surface area is 201 Å². The van der Waals surface area contributed by atoms with E-state index in [-0.39, 0.29) is 0 Å². The van der Waals surface area contributed by atoms with Gasteiger partial charge in [0.1, 0.15) is 5.41 Å². The van der Waals surface area contributed by atoms with Crippen LogP contribution in [0.3, 0.4) is 0 Å². The van der Waals surface area contributed by atoms with Gasteiger partial charge in [-0.3, -0.25) is 0 Å². The standard InChI is InChI=1S/C31H41N2/c1-33(20-19-25-11-5-2-6-12-25)29-17-18-30(33)22-26(21-29)23-31(24-32,27-13-7-3-8-14-27)28-15-9-4-10-16-28/h3-4,7-10,13-16,25-26,29-30H,2,5-6,11-12,17-23H2,1H3/q+1/t26?,29-,30+,33?. The summed E-state index contributed by atoms with van der Waals surface area (Å²) in [5.74, 6) is 1.61. The molecule has 2 heterocycles. The summed E-state index contributed by atoms with van der Waals surface area (Å²) in [5, 5.41) is 10.6. The van der Waals surface area contributed by atoms with Gasteiger partial charge in [0.25, 0.3) is 0 Å². The van der Waals surface area contributed by atoms with Crippen LogP contribution in [-0.4, -0.2) is 30.2 Å². The maximum absolute atomic E-state index is 10.6. The van der Waals surface area contributed by atoms with Gasteiger partial charge < -0.3 is 4.48 Å². The first-order valence-corrected chi connectivity index (χ1v) is 13.5. The molecular formula is C31H41N2+. The van der Waals surface area contributed by atoms with E-state index in [0.29, 0.717) is 5.92 Å². The first kappa shape index (κ1) is 22.7. The van der Waals surface area contributed by atoms with E-state index in [0.717, 1.165) is 35.5 Å². The van der Waals surface area contributed by atoms with Crippen molar-refractivity contribution in [2.45, 2.75) is 88.1 Å². The first-order valence-electron chi connectivity index (χ1n) is 13.5. The fraction of sp³-hybridized carbons (Fsp3) is 0.581. The molecule has 0 aromatic heterocycles. The number of rotatable bonds is 7. The Morgan fingerprint density at radius 3 is 1.85 bits per heavy atom. The van der Waals surface area contributed by atoms with Gasteiger partial charge in [0.2, 0.25) is 0 Å². The molecule has 0 spiro atoms. The van der Waals surface area contributed by atoms with Gasteiger partial charge in [-0.15, -0.1) is 0 Å². The van der Waals surface area contributed by atoms with Crippen molar-refractivity contribution in [2.75, 3.05) is 13.6 Å². The van der Waals surface area contributed by atoms with E-state index in [2.05, 4.69) is 73.8 Å². The van der Waals surface area contributed by atoms with Crippen LogP contribution in [-0.2, 0) is 5.41 Å². The molecule has 2 nitrogen and oxygen atoms in total. The van der Waals surface area contributed by atoms with Gasteiger partial charge in [-0.25, -0.2) is 0 Å². The van der Waals surface area contributed by atoms with Crippen molar-refractivity contribution in [1.29, 1.82) is 5.26 Å². The lowest BCUT2D eigenvalue weighted by molar-refractivity contribution is -0.950. The van der Waals surface area contributed by atoms with Crippen LogP contribution >= 0.6 is 0 Å². The van der Waals surface area contributed by atoms with Crippen molar-refractivity contribution in [3.63, 3.8) is 0 Å². The van der Waals surface area contributed by atoms with Gasteiger partial charge in [-0.05, 0) is 35.8 Å². The Hall–Kier alpha value is -2.11. The van der Waals surface area contributed by atoms with Crippen LogP contribution in [0.5, 0.6) is 0 Å². The van der Waals surface area contributed by atoms with E-state index in [4.69, 9.17) is 0 Å². The second-order valence-electron chi connectivity index (χ2n) is 11.5. The molecule has 2 heteroatoms. The Kier molecular flexibility index (Phi) is 6.62. The highest BCUT2D eigenvalue weighted by Gasteiger charge is 2.52. The molecule has 2 unspecified atom stereocenters. The molecule has 1 aliphatic carbocycles. The lowest BCUT2D eigenvalue weighted by Gasteiger charge is -2.49. The normalized spacial score (nSPS) is 30.1. The van der Waals surface area contributed by atoms with Crippen LogP contribution in [0.25, 0.3) is 0 Å². The van der Waals surface area contributed by atoms with Crippen molar-refractivity contribution >= 4 is 0 Å². The van der Waals surface area contributed by atoms with E-state index in [1.165, 1.54) is 75.2 Å². The quantitative estimate of drug-likeness (QED) is 0.415. The predicted octanol–water partition coefficient (Wildman–Crippen LogP) is 7.24. The second-order valence-corrected chi connectivity index (χ2v) is 11.5. The number of piperidine rings is 1. The van der Waals surface area contributed by atoms with E-state index in [1.807, 2.05) is 0 Å². The molecule has 0 radical (unpaired) electrons. The molecule has 174 valence electrons. The molecule has 3 aliphatic rings. The molecule has 2 aliphatic heterocycles. The SMILES string of the molecule is C[N+]1(CCC2CCCCC2)[C@@H]2CC[C@H]1CC(CC(C#N)(c1ccccc1)c1ccccc1)C2. The van der Waals surface area contributed by atoms with E-state index < -0.39 is 5.41 Å². The summed E-state index contributed by atoms with van der Waals surface area (Å²) in [6.07, 6.45) is 15.1. The maximum Gasteiger partial charge on any atom is 0.107 e. The summed E-state index contributed by atoms with van der Waals surface area (Å²) in [6.45, 7) is 1.38. The summed E-state index contributed by atoms with van der Waals surface area (Å²) in [4.78, 5) is 0. The topological polar surface area (TPSA) is 23.8 Å². The van der Waals surface area contributed by atoms with Crippen LogP contribution in [0.4, 0.5) is 0 Å². The summed E-state index contributed by atoms with van der Waals surface area (Å²) in [7, 11) is 2.58. The molecule has 2 bridgehead atoms. The molecule has 0 amide bonds. The Morgan fingerprint density at radius 1 is 0.788 bits per heavy atom. The molecular weight excluding hydrogens is 400 g/mol. The zero-order valence-corrected chi connectivity index (χ0v) is 20.5. The molecule has 5 rings (SSSR count). The zero-order chi connectivity index (χ0) is 22.7. The summed E-state index contributed by atoms with van der Waals surface area (Å²) >= 11 is 0. The van der Waals surface area contributed by atoms with Crippen molar-refractivity contribution in [1.82, 2.24) is 0 Å². The molecule has 2 aromatic rings. The van der Waals surface area contributed by atoms with Crippen molar-refractivity contribution in [3.05, 3.63) is 71.8 Å². The minimum absolute atomic E-state index is 0.546. The molecule has 0 N–H and O–H groups in total. The molecule has 4 atom stereocenters. The maximum atomic E-state index is 10.6. The van der Waals surface area contributed by atoms with E-state index in [9.17, 15) is 5.26 Å². The van der Waals surface area contributed by atoms with Crippen LogP contribution in [0.1, 0.15) is 81.8 Å². The van der Waals surface area contributed by atoms with Crippen LogP contribution in [0, 0.1) is 23.2 Å². The monoisotopic (exact) mass is 441 g/mol. The minimum Gasteiger partial charge on any atom is -0.321 e.